The van der Waals surface area contributed by atoms with Crippen LogP contribution in [0.3, 0.4) is 0 Å². The molecular weight excluding hydrogens is 289 g/mol. The van der Waals surface area contributed by atoms with Crippen molar-refractivity contribution in [3.05, 3.63) is 63.3 Å². The molecule has 0 amide bonds. The van der Waals surface area contributed by atoms with E-state index in [1.54, 1.807) is 6.07 Å². The summed E-state index contributed by atoms with van der Waals surface area (Å²) in [5, 5.41) is 5.08. The van der Waals surface area contributed by atoms with E-state index in [-0.39, 0.29) is 17.4 Å². The number of hydrogen-bond donors (Lipinski definition) is 2. The summed E-state index contributed by atoms with van der Waals surface area (Å²) in [5.74, 6) is 0.321. The molecule has 0 aliphatic carbocycles. The molecule has 2 heterocycles. The maximum absolute atomic E-state index is 13.2. The third kappa shape index (κ3) is 3.01. The third-order valence-corrected chi connectivity index (χ3v) is 4.19. The molecule has 0 radical (unpaired) electrons. The number of rotatable bonds is 4. The van der Waals surface area contributed by atoms with Gasteiger partial charge in [-0.15, -0.1) is 11.3 Å². The summed E-state index contributed by atoms with van der Waals surface area (Å²) in [6.07, 6.45) is 0. The number of thiophene rings is 1. The lowest BCUT2D eigenvalue weighted by Crippen LogP contribution is -2.22. The van der Waals surface area contributed by atoms with Gasteiger partial charge < -0.3 is 10.3 Å². The van der Waals surface area contributed by atoms with Crippen LogP contribution in [0.2, 0.25) is 0 Å². The van der Waals surface area contributed by atoms with Gasteiger partial charge in [0, 0.05) is 6.04 Å². The Kier molecular flexibility index (Phi) is 3.81. The highest BCUT2D eigenvalue weighted by molar-refractivity contribution is 7.17. The number of H-pyrrole nitrogens is 1. The highest BCUT2D eigenvalue weighted by atomic mass is 32.1. The van der Waals surface area contributed by atoms with Gasteiger partial charge in [0.05, 0.1) is 12.1 Å². The van der Waals surface area contributed by atoms with Crippen molar-refractivity contribution >= 4 is 21.6 Å². The molecule has 0 saturated heterocycles. The molecule has 21 heavy (non-hydrogen) atoms. The van der Waals surface area contributed by atoms with Gasteiger partial charge in [-0.25, -0.2) is 9.37 Å². The van der Waals surface area contributed by atoms with Crippen molar-refractivity contribution in [1.29, 1.82) is 0 Å². The number of nitrogens with zero attached hydrogens (tertiary/aromatic N) is 1. The van der Waals surface area contributed by atoms with E-state index in [0.717, 1.165) is 5.56 Å². The van der Waals surface area contributed by atoms with E-state index in [0.29, 0.717) is 22.6 Å². The summed E-state index contributed by atoms with van der Waals surface area (Å²) < 4.78 is 13.8. The quantitative estimate of drug-likeness (QED) is 0.779. The zero-order valence-corrected chi connectivity index (χ0v) is 12.2. The van der Waals surface area contributed by atoms with Crippen molar-refractivity contribution < 1.29 is 4.39 Å². The molecule has 3 rings (SSSR count). The molecule has 2 N–H and O–H groups in total. The molecule has 0 unspecified atom stereocenters. The molecule has 0 saturated carbocycles. The van der Waals surface area contributed by atoms with Crippen molar-refractivity contribution in [1.82, 2.24) is 15.3 Å². The van der Waals surface area contributed by atoms with Gasteiger partial charge in [0.15, 0.2) is 0 Å². The molecule has 2 aromatic heterocycles. The predicted octanol–water partition coefficient (Wildman–Crippen LogP) is 2.97. The van der Waals surface area contributed by atoms with Crippen LogP contribution in [0.15, 0.2) is 40.5 Å². The third-order valence-electron chi connectivity index (χ3n) is 3.29. The first-order chi connectivity index (χ1) is 10.1. The Morgan fingerprint density at radius 2 is 2.29 bits per heavy atom. The van der Waals surface area contributed by atoms with Gasteiger partial charge in [-0.3, -0.25) is 4.79 Å². The van der Waals surface area contributed by atoms with Crippen molar-refractivity contribution in [2.75, 3.05) is 0 Å². The summed E-state index contributed by atoms with van der Waals surface area (Å²) in [6.45, 7) is 2.36. The summed E-state index contributed by atoms with van der Waals surface area (Å²) in [5.41, 5.74) is 1.44. The number of fused-ring (bicyclic) bond motifs is 1. The molecule has 0 aliphatic heterocycles. The fourth-order valence-corrected chi connectivity index (χ4v) is 2.87. The molecule has 6 heteroatoms. The smallest absolute Gasteiger partial charge is 0.268 e. The summed E-state index contributed by atoms with van der Waals surface area (Å²) in [7, 11) is 0. The largest absolute Gasteiger partial charge is 0.308 e. The molecule has 1 aromatic carbocycles. The van der Waals surface area contributed by atoms with Gasteiger partial charge >= 0.3 is 0 Å². The molecule has 1 atom stereocenters. The Morgan fingerprint density at radius 3 is 3.10 bits per heavy atom. The first-order valence-corrected chi connectivity index (χ1v) is 7.46. The van der Waals surface area contributed by atoms with Gasteiger partial charge in [0.2, 0.25) is 0 Å². The Balaban J connectivity index is 1.75. The zero-order valence-electron chi connectivity index (χ0n) is 11.4. The van der Waals surface area contributed by atoms with Crippen molar-refractivity contribution in [2.45, 2.75) is 19.5 Å². The molecule has 0 aliphatic rings. The van der Waals surface area contributed by atoms with Crippen LogP contribution >= 0.6 is 11.3 Å². The van der Waals surface area contributed by atoms with Crippen molar-refractivity contribution in [2.24, 2.45) is 0 Å². The standard InChI is InChI=1S/C15H14FN3OS/c1-9(10-3-2-4-11(16)7-10)17-8-13-18-12-5-6-21-14(12)15(20)19-13/h2-7,9,17H,8H2,1H3,(H,18,19,20)/t9-/m0/s1. The Morgan fingerprint density at radius 1 is 1.43 bits per heavy atom. The second-order valence-electron chi connectivity index (χ2n) is 4.81. The molecule has 3 aromatic rings. The average molecular weight is 303 g/mol. The lowest BCUT2D eigenvalue weighted by Gasteiger charge is -2.13. The number of halogens is 1. The van der Waals surface area contributed by atoms with Gasteiger partial charge in [0.1, 0.15) is 16.3 Å². The Bertz CT molecular complexity index is 827. The van der Waals surface area contributed by atoms with Gasteiger partial charge in [0.25, 0.3) is 5.56 Å². The van der Waals surface area contributed by atoms with E-state index in [2.05, 4.69) is 15.3 Å². The van der Waals surface area contributed by atoms with E-state index in [4.69, 9.17) is 0 Å². The lowest BCUT2D eigenvalue weighted by molar-refractivity contribution is 0.552. The minimum Gasteiger partial charge on any atom is -0.308 e. The van der Waals surface area contributed by atoms with Crippen LogP contribution in [0.5, 0.6) is 0 Å². The van der Waals surface area contributed by atoms with Crippen LogP contribution < -0.4 is 10.9 Å². The van der Waals surface area contributed by atoms with E-state index in [1.165, 1.54) is 23.5 Å². The average Bonchev–Trinajstić information content (AvgIpc) is 2.93. The highest BCUT2D eigenvalue weighted by Crippen LogP contribution is 2.15. The molecule has 0 fully saturated rings. The van der Waals surface area contributed by atoms with E-state index in [9.17, 15) is 9.18 Å². The number of hydrogen-bond acceptors (Lipinski definition) is 4. The molecule has 0 spiro atoms. The lowest BCUT2D eigenvalue weighted by atomic mass is 10.1. The maximum Gasteiger partial charge on any atom is 0.268 e. The van der Waals surface area contributed by atoms with Crippen LogP contribution in [0, 0.1) is 5.82 Å². The molecule has 0 bridgehead atoms. The second kappa shape index (κ2) is 5.75. The number of nitrogens with one attached hydrogen (secondary N) is 2. The van der Waals surface area contributed by atoms with Crippen LogP contribution in [0.1, 0.15) is 24.4 Å². The van der Waals surface area contributed by atoms with Crippen LogP contribution in [-0.2, 0) is 6.54 Å². The van der Waals surface area contributed by atoms with Gasteiger partial charge in [-0.05, 0) is 36.1 Å². The number of aromatic amines is 1. The van der Waals surface area contributed by atoms with Crippen molar-refractivity contribution in [3.63, 3.8) is 0 Å². The second-order valence-corrected chi connectivity index (χ2v) is 5.72. The minimum absolute atomic E-state index is 0.0378. The Hall–Kier alpha value is -2.05. The van der Waals surface area contributed by atoms with Crippen LogP contribution in [0.4, 0.5) is 4.39 Å². The highest BCUT2D eigenvalue weighted by Gasteiger charge is 2.08. The molecular formula is C15H14FN3OS. The normalized spacial score (nSPS) is 12.7. The monoisotopic (exact) mass is 303 g/mol. The minimum atomic E-state index is -0.257. The van der Waals surface area contributed by atoms with Crippen LogP contribution in [-0.4, -0.2) is 9.97 Å². The Labute approximate surface area is 124 Å². The SMILES string of the molecule is C[C@H](NCc1nc2ccsc2c(=O)[nH]1)c1cccc(F)c1. The number of aromatic nitrogens is 2. The van der Waals surface area contributed by atoms with E-state index < -0.39 is 0 Å². The summed E-state index contributed by atoms with van der Waals surface area (Å²) in [4.78, 5) is 19.0. The summed E-state index contributed by atoms with van der Waals surface area (Å²) >= 11 is 1.38. The maximum atomic E-state index is 13.2. The van der Waals surface area contributed by atoms with Crippen molar-refractivity contribution in [3.8, 4) is 0 Å². The first-order valence-electron chi connectivity index (χ1n) is 6.59. The van der Waals surface area contributed by atoms with Crippen LogP contribution in [0.25, 0.3) is 10.2 Å². The molecule has 108 valence electrons. The number of benzene rings is 1. The fraction of sp³-hybridized carbons (Fsp3) is 0.200. The van der Waals surface area contributed by atoms with Gasteiger partial charge in [-0.1, -0.05) is 12.1 Å². The van der Waals surface area contributed by atoms with E-state index >= 15 is 0 Å². The predicted molar refractivity (Wildman–Crippen MR) is 81.9 cm³/mol. The first kappa shape index (κ1) is 13.9. The van der Waals surface area contributed by atoms with E-state index in [1.807, 2.05) is 24.4 Å². The summed E-state index contributed by atoms with van der Waals surface area (Å²) in [6, 6.07) is 8.24. The molecule has 4 nitrogen and oxygen atoms in total. The topological polar surface area (TPSA) is 57.8 Å². The van der Waals surface area contributed by atoms with Gasteiger partial charge in [-0.2, -0.15) is 0 Å². The zero-order chi connectivity index (χ0) is 14.8. The fourth-order valence-electron chi connectivity index (χ4n) is 2.15.